The molecule has 242 valence electrons. The van der Waals surface area contributed by atoms with Crippen molar-refractivity contribution in [1.29, 1.82) is 0 Å². The maximum absolute atomic E-state index is 6.77. The molecule has 2 aliphatic rings. The number of anilines is 1. The van der Waals surface area contributed by atoms with Crippen molar-refractivity contribution >= 4 is 24.0 Å². The number of nitrogens with two attached hydrogens (primary N) is 1. The van der Waals surface area contributed by atoms with Crippen LogP contribution in [0, 0.1) is 0 Å². The lowest BCUT2D eigenvalue weighted by atomic mass is 9.78. The number of methoxy groups -OCH3 is 1. The molecule has 2 aliphatic heterocycles. The molecule has 44 heavy (non-hydrogen) atoms. The van der Waals surface area contributed by atoms with Gasteiger partial charge in [-0.3, -0.25) is 0 Å². The average Bonchev–Trinajstić information content (AvgIpc) is 3.23. The summed E-state index contributed by atoms with van der Waals surface area (Å²) in [6.07, 6.45) is -0.494. The van der Waals surface area contributed by atoms with E-state index in [1.807, 2.05) is 82.1 Å². The summed E-state index contributed by atoms with van der Waals surface area (Å²) in [7, 11) is 1.11. The molecule has 1 atom stereocenters. The van der Waals surface area contributed by atoms with Crippen molar-refractivity contribution in [3.63, 3.8) is 0 Å². The number of hydrazone groups is 1. The molecule has 12 heteroatoms. The Morgan fingerprint density at radius 3 is 1.93 bits per heavy atom. The van der Waals surface area contributed by atoms with Gasteiger partial charge in [0.2, 0.25) is 0 Å². The zero-order chi connectivity index (χ0) is 31.6. The molecule has 0 aromatic heterocycles. The Balaban J connectivity index is 1.31. The fraction of sp³-hybridized carbons (Fsp3) is 0.594. The van der Waals surface area contributed by atoms with E-state index in [-0.39, 0.29) is 0 Å². The van der Waals surface area contributed by atoms with Crippen LogP contribution in [0.15, 0.2) is 47.6 Å². The highest BCUT2D eigenvalue weighted by atomic mass is 16.7. The maximum Gasteiger partial charge on any atom is 0.494 e. The topological polar surface area (TPSA) is 115 Å². The van der Waals surface area contributed by atoms with Crippen LogP contribution < -0.4 is 20.9 Å². The van der Waals surface area contributed by atoms with E-state index in [4.69, 9.17) is 48.6 Å². The minimum absolute atomic E-state index is 0.345. The van der Waals surface area contributed by atoms with Gasteiger partial charge in [-0.05, 0) is 57.8 Å². The Hall–Kier alpha value is -2.55. The van der Waals surface area contributed by atoms with E-state index in [0.717, 1.165) is 28.0 Å². The van der Waals surface area contributed by atoms with Crippen LogP contribution >= 0.6 is 0 Å². The highest BCUT2D eigenvalue weighted by Crippen LogP contribution is 2.39. The SMILES string of the molecule is COCCOCCOCCOCCOCCOc1ccc(B2OC(C)(C)C(C)(C)O2)cc1N1N=C(C)c2ccccc2C1N. The highest BCUT2D eigenvalue weighted by Gasteiger charge is 2.52. The first kappa shape index (κ1) is 34.3. The molecular weight excluding hydrogens is 565 g/mol. The predicted octanol–water partition coefficient (Wildman–Crippen LogP) is 3.28. The van der Waals surface area contributed by atoms with Gasteiger partial charge >= 0.3 is 7.12 Å². The van der Waals surface area contributed by atoms with Crippen LogP contribution in [-0.4, -0.2) is 97.2 Å². The lowest BCUT2D eigenvalue weighted by Gasteiger charge is -2.33. The van der Waals surface area contributed by atoms with E-state index in [0.29, 0.717) is 71.8 Å². The third kappa shape index (κ3) is 8.79. The van der Waals surface area contributed by atoms with Crippen LogP contribution in [0.4, 0.5) is 5.69 Å². The molecular formula is C32H48BN3O8. The molecule has 11 nitrogen and oxygen atoms in total. The number of rotatable bonds is 18. The molecule has 1 saturated heterocycles. The fourth-order valence-electron chi connectivity index (χ4n) is 4.77. The molecule has 1 unspecified atom stereocenters. The number of hydrogen-bond acceptors (Lipinski definition) is 11. The molecule has 0 radical (unpaired) electrons. The quantitative estimate of drug-likeness (QED) is 0.198. The van der Waals surface area contributed by atoms with Gasteiger partial charge in [0.05, 0.1) is 76.4 Å². The normalized spacial score (nSPS) is 18.8. The smallest absolute Gasteiger partial charge is 0.489 e. The van der Waals surface area contributed by atoms with E-state index < -0.39 is 24.5 Å². The van der Waals surface area contributed by atoms with Crippen LogP contribution in [0.1, 0.15) is 51.9 Å². The zero-order valence-electron chi connectivity index (χ0n) is 27.0. The second-order valence-corrected chi connectivity index (χ2v) is 11.7. The van der Waals surface area contributed by atoms with Crippen LogP contribution in [-0.2, 0) is 33.0 Å². The third-order valence-corrected chi connectivity index (χ3v) is 7.98. The van der Waals surface area contributed by atoms with Crippen molar-refractivity contribution in [2.75, 3.05) is 78.2 Å². The van der Waals surface area contributed by atoms with Gasteiger partial charge in [0.1, 0.15) is 24.2 Å². The van der Waals surface area contributed by atoms with Gasteiger partial charge in [0.25, 0.3) is 0 Å². The van der Waals surface area contributed by atoms with Gasteiger partial charge in [-0.25, -0.2) is 5.01 Å². The first-order valence-electron chi connectivity index (χ1n) is 15.3. The maximum atomic E-state index is 6.77. The molecule has 2 N–H and O–H groups in total. The second-order valence-electron chi connectivity index (χ2n) is 11.7. The largest absolute Gasteiger partial charge is 0.494 e. The van der Waals surface area contributed by atoms with Crippen molar-refractivity contribution in [2.45, 2.75) is 52.0 Å². The van der Waals surface area contributed by atoms with Crippen molar-refractivity contribution in [1.82, 2.24) is 0 Å². The predicted molar refractivity (Wildman–Crippen MR) is 171 cm³/mol. The van der Waals surface area contributed by atoms with Gasteiger partial charge in [0.15, 0.2) is 0 Å². The molecule has 0 saturated carbocycles. The first-order valence-corrected chi connectivity index (χ1v) is 15.3. The third-order valence-electron chi connectivity index (χ3n) is 7.98. The summed E-state index contributed by atoms with van der Waals surface area (Å²) >= 11 is 0. The van der Waals surface area contributed by atoms with Crippen molar-refractivity contribution in [3.8, 4) is 5.75 Å². The standard InChI is InChI=1S/C32H48BN3O8/c1-24-26-9-7-8-10-27(26)30(34)36(35-24)28-23-25(33-43-31(2,3)32(4,5)44-33)11-12-29(28)42-22-21-41-20-19-40-18-17-39-16-15-38-14-13-37-6/h7-12,23,30H,13-22,34H2,1-6H3. The van der Waals surface area contributed by atoms with Gasteiger partial charge in [0, 0.05) is 12.7 Å². The van der Waals surface area contributed by atoms with Crippen LogP contribution in [0.2, 0.25) is 0 Å². The average molecular weight is 614 g/mol. The van der Waals surface area contributed by atoms with E-state index in [2.05, 4.69) is 0 Å². The number of fused-ring (bicyclic) bond motifs is 1. The number of nitrogens with zero attached hydrogens (tertiary/aromatic N) is 2. The molecule has 2 aromatic rings. The van der Waals surface area contributed by atoms with Gasteiger partial charge in [-0.15, -0.1) is 0 Å². The van der Waals surface area contributed by atoms with E-state index in [1.54, 1.807) is 7.11 Å². The molecule has 0 spiro atoms. The van der Waals surface area contributed by atoms with E-state index in [9.17, 15) is 0 Å². The Morgan fingerprint density at radius 1 is 0.795 bits per heavy atom. The van der Waals surface area contributed by atoms with E-state index in [1.165, 1.54) is 0 Å². The second kappa shape index (κ2) is 16.1. The summed E-state index contributed by atoms with van der Waals surface area (Å²) in [6.45, 7) is 15.0. The molecule has 4 rings (SSSR count). The minimum Gasteiger partial charge on any atom is -0.489 e. The van der Waals surface area contributed by atoms with Gasteiger partial charge in [-0.1, -0.05) is 30.3 Å². The monoisotopic (exact) mass is 613 g/mol. The minimum atomic E-state index is -0.533. The Bertz CT molecular complexity index is 1210. The van der Waals surface area contributed by atoms with Crippen LogP contribution in [0.25, 0.3) is 0 Å². The van der Waals surface area contributed by atoms with Gasteiger partial charge < -0.3 is 43.5 Å². The molecule has 2 aromatic carbocycles. The summed E-state index contributed by atoms with van der Waals surface area (Å²) < 4.78 is 45.9. The molecule has 2 heterocycles. The molecule has 0 bridgehead atoms. The van der Waals surface area contributed by atoms with Crippen LogP contribution in [0.3, 0.4) is 0 Å². The first-order chi connectivity index (χ1) is 21.1. The summed E-state index contributed by atoms with van der Waals surface area (Å²) in [5, 5.41) is 6.68. The van der Waals surface area contributed by atoms with Crippen molar-refractivity contribution < 1.29 is 37.7 Å². The van der Waals surface area contributed by atoms with E-state index >= 15 is 0 Å². The molecule has 0 aliphatic carbocycles. The molecule has 0 amide bonds. The number of benzene rings is 2. The lowest BCUT2D eigenvalue weighted by molar-refractivity contribution is -0.00977. The summed E-state index contributed by atoms with van der Waals surface area (Å²) in [6, 6.07) is 13.9. The Labute approximate surface area is 262 Å². The lowest BCUT2D eigenvalue weighted by Crippen LogP contribution is -2.41. The summed E-state index contributed by atoms with van der Waals surface area (Å²) in [5.41, 5.74) is 10.3. The fourth-order valence-corrected chi connectivity index (χ4v) is 4.77. The van der Waals surface area contributed by atoms with Crippen molar-refractivity contribution in [2.24, 2.45) is 10.8 Å². The Kier molecular flexibility index (Phi) is 12.6. The van der Waals surface area contributed by atoms with Crippen LogP contribution in [0.5, 0.6) is 5.75 Å². The highest BCUT2D eigenvalue weighted by molar-refractivity contribution is 6.62. The summed E-state index contributed by atoms with van der Waals surface area (Å²) in [5.74, 6) is 0.639. The summed E-state index contributed by atoms with van der Waals surface area (Å²) in [4.78, 5) is 0. The van der Waals surface area contributed by atoms with Crippen molar-refractivity contribution in [3.05, 3.63) is 53.6 Å². The number of hydrogen-bond donors (Lipinski definition) is 1. The van der Waals surface area contributed by atoms with Gasteiger partial charge in [-0.2, -0.15) is 5.10 Å². The zero-order valence-corrected chi connectivity index (χ0v) is 27.0. The number of ether oxygens (including phenoxy) is 6. The molecule has 1 fully saturated rings. The Morgan fingerprint density at radius 2 is 1.34 bits per heavy atom.